The van der Waals surface area contributed by atoms with E-state index in [1.54, 1.807) is 0 Å². The van der Waals surface area contributed by atoms with Crippen LogP contribution in [0, 0.1) is 11.8 Å². The van der Waals surface area contributed by atoms with Gasteiger partial charge in [-0.3, -0.25) is 0 Å². The number of benzene rings is 1. The molecule has 3 aliphatic rings. The van der Waals surface area contributed by atoms with Crippen molar-refractivity contribution in [2.45, 2.75) is 37.8 Å². The zero-order valence-electron chi connectivity index (χ0n) is 11.5. The first kappa shape index (κ1) is 12.5. The van der Waals surface area contributed by atoms with Crippen LogP contribution in [0.2, 0.25) is 0 Å². The predicted octanol–water partition coefficient (Wildman–Crippen LogP) is 2.23. The van der Waals surface area contributed by atoms with E-state index in [0.717, 1.165) is 28.9 Å². The number of nitrogens with one attached hydrogen (secondary N) is 1. The average Bonchev–Trinajstić information content (AvgIpc) is 3.38. The molecular weight excluding hydrogens is 254 g/mol. The number of rotatable bonds is 6. The Hall–Kier alpha value is -1.26. The minimum absolute atomic E-state index is 0.276. The van der Waals surface area contributed by atoms with Gasteiger partial charge in [0.15, 0.2) is 11.5 Å². The first-order valence-electron chi connectivity index (χ1n) is 7.62. The second-order valence-electron chi connectivity index (χ2n) is 6.24. The summed E-state index contributed by atoms with van der Waals surface area (Å²) >= 11 is 0. The fourth-order valence-corrected chi connectivity index (χ4v) is 3.11. The number of fused-ring (bicyclic) bond motifs is 1. The topological polar surface area (TPSA) is 50.7 Å². The van der Waals surface area contributed by atoms with Crippen LogP contribution >= 0.6 is 0 Å². The molecule has 2 aliphatic carbocycles. The van der Waals surface area contributed by atoms with Gasteiger partial charge in [0, 0.05) is 12.6 Å². The van der Waals surface area contributed by atoms with E-state index in [9.17, 15) is 5.11 Å². The van der Waals surface area contributed by atoms with Crippen molar-refractivity contribution in [3.8, 4) is 11.5 Å². The van der Waals surface area contributed by atoms with Crippen LogP contribution in [0.25, 0.3) is 0 Å². The Morgan fingerprint density at radius 1 is 1.10 bits per heavy atom. The molecule has 4 nitrogen and oxygen atoms in total. The zero-order valence-corrected chi connectivity index (χ0v) is 11.5. The molecule has 1 aliphatic heterocycles. The van der Waals surface area contributed by atoms with E-state index in [4.69, 9.17) is 9.47 Å². The minimum atomic E-state index is -0.482. The van der Waals surface area contributed by atoms with Gasteiger partial charge in [-0.1, -0.05) is 6.07 Å². The lowest BCUT2D eigenvalue weighted by Crippen LogP contribution is -2.36. The number of hydrogen-bond donors (Lipinski definition) is 2. The lowest BCUT2D eigenvalue weighted by Gasteiger charge is -2.20. The first-order valence-corrected chi connectivity index (χ1v) is 7.62. The number of hydrogen-bond acceptors (Lipinski definition) is 4. The van der Waals surface area contributed by atoms with Gasteiger partial charge in [-0.05, 0) is 55.2 Å². The second kappa shape index (κ2) is 4.93. The molecular formula is C16H21NO3. The summed E-state index contributed by atoms with van der Waals surface area (Å²) in [7, 11) is 0. The van der Waals surface area contributed by atoms with Crippen molar-refractivity contribution in [3.63, 3.8) is 0 Å². The molecule has 1 aromatic rings. The van der Waals surface area contributed by atoms with E-state index in [2.05, 4.69) is 5.32 Å². The molecule has 0 radical (unpaired) electrons. The molecule has 1 atom stereocenters. The molecule has 2 saturated carbocycles. The van der Waals surface area contributed by atoms with E-state index in [1.165, 1.54) is 25.7 Å². The molecule has 1 aromatic carbocycles. The van der Waals surface area contributed by atoms with Crippen LogP contribution in [-0.4, -0.2) is 24.5 Å². The summed E-state index contributed by atoms with van der Waals surface area (Å²) < 4.78 is 10.6. The Balaban J connectivity index is 1.38. The van der Waals surface area contributed by atoms with Crippen LogP contribution < -0.4 is 14.8 Å². The third-order valence-corrected chi connectivity index (χ3v) is 4.59. The maximum atomic E-state index is 10.3. The predicted molar refractivity (Wildman–Crippen MR) is 74.8 cm³/mol. The van der Waals surface area contributed by atoms with Crippen LogP contribution in [-0.2, 0) is 0 Å². The summed E-state index contributed by atoms with van der Waals surface area (Å²) in [6, 6.07) is 6.31. The van der Waals surface area contributed by atoms with Gasteiger partial charge in [0.05, 0.1) is 6.10 Å². The Bertz CT molecular complexity index is 484. The van der Waals surface area contributed by atoms with E-state index >= 15 is 0 Å². The molecule has 4 heteroatoms. The summed E-state index contributed by atoms with van der Waals surface area (Å²) in [5.74, 6) is 3.21. The molecule has 0 saturated heterocycles. The summed E-state index contributed by atoms with van der Waals surface area (Å²) in [6.45, 7) is 0.899. The van der Waals surface area contributed by atoms with Gasteiger partial charge in [0.2, 0.25) is 6.79 Å². The molecule has 4 rings (SSSR count). The van der Waals surface area contributed by atoms with E-state index in [-0.39, 0.29) is 6.79 Å². The quantitative estimate of drug-likeness (QED) is 0.836. The lowest BCUT2D eigenvalue weighted by molar-refractivity contribution is 0.164. The molecule has 0 amide bonds. The van der Waals surface area contributed by atoms with Crippen LogP contribution in [0.3, 0.4) is 0 Å². The SMILES string of the molecule is OC(CNC(C1CC1)C1CC1)c1ccc2c(c1)OCO2. The molecule has 1 unspecified atom stereocenters. The monoisotopic (exact) mass is 275 g/mol. The maximum absolute atomic E-state index is 10.3. The molecule has 108 valence electrons. The molecule has 0 aromatic heterocycles. The highest BCUT2D eigenvalue weighted by Crippen LogP contribution is 2.44. The third-order valence-electron chi connectivity index (χ3n) is 4.59. The number of ether oxygens (including phenoxy) is 2. The van der Waals surface area contributed by atoms with Gasteiger partial charge in [-0.15, -0.1) is 0 Å². The normalized spacial score (nSPS) is 22.3. The van der Waals surface area contributed by atoms with Gasteiger partial charge < -0.3 is 19.9 Å². The van der Waals surface area contributed by atoms with Crippen molar-refractivity contribution in [1.29, 1.82) is 0 Å². The van der Waals surface area contributed by atoms with Crippen molar-refractivity contribution in [3.05, 3.63) is 23.8 Å². The summed E-state index contributed by atoms with van der Waals surface area (Å²) in [6.07, 6.45) is 4.94. The average molecular weight is 275 g/mol. The minimum Gasteiger partial charge on any atom is -0.454 e. The molecule has 20 heavy (non-hydrogen) atoms. The Morgan fingerprint density at radius 2 is 1.80 bits per heavy atom. The molecule has 0 spiro atoms. The van der Waals surface area contributed by atoms with Crippen molar-refractivity contribution in [2.75, 3.05) is 13.3 Å². The number of aliphatic hydroxyl groups is 1. The van der Waals surface area contributed by atoms with E-state index in [0.29, 0.717) is 12.6 Å². The third kappa shape index (κ3) is 2.50. The summed E-state index contributed by atoms with van der Waals surface area (Å²) in [5.41, 5.74) is 0.895. The van der Waals surface area contributed by atoms with Crippen LogP contribution in [0.1, 0.15) is 37.4 Å². The summed E-state index contributed by atoms with van der Waals surface area (Å²) in [4.78, 5) is 0. The fourth-order valence-electron chi connectivity index (χ4n) is 3.11. The number of aliphatic hydroxyl groups excluding tert-OH is 1. The molecule has 0 bridgehead atoms. The van der Waals surface area contributed by atoms with Crippen LogP contribution in [0.15, 0.2) is 18.2 Å². The lowest BCUT2D eigenvalue weighted by atomic mass is 10.1. The van der Waals surface area contributed by atoms with Crippen LogP contribution in [0.4, 0.5) is 0 Å². The van der Waals surface area contributed by atoms with Crippen molar-refractivity contribution >= 4 is 0 Å². The standard InChI is InChI=1S/C16H21NO3/c18-13(8-17-16(10-1-2-10)11-3-4-11)12-5-6-14-15(7-12)20-9-19-14/h5-7,10-11,13,16-18H,1-4,8-9H2. The zero-order chi connectivity index (χ0) is 13.5. The van der Waals surface area contributed by atoms with Crippen LogP contribution in [0.5, 0.6) is 11.5 Å². The van der Waals surface area contributed by atoms with Gasteiger partial charge in [-0.25, -0.2) is 0 Å². The maximum Gasteiger partial charge on any atom is 0.231 e. The van der Waals surface area contributed by atoms with Gasteiger partial charge in [0.1, 0.15) is 0 Å². The van der Waals surface area contributed by atoms with Crippen molar-refractivity contribution in [1.82, 2.24) is 5.32 Å². The Kier molecular flexibility index (Phi) is 3.08. The first-order chi connectivity index (χ1) is 9.81. The Morgan fingerprint density at radius 3 is 2.50 bits per heavy atom. The van der Waals surface area contributed by atoms with E-state index < -0.39 is 6.10 Å². The molecule has 1 heterocycles. The van der Waals surface area contributed by atoms with Gasteiger partial charge in [-0.2, -0.15) is 0 Å². The highest BCUT2D eigenvalue weighted by molar-refractivity contribution is 5.45. The van der Waals surface area contributed by atoms with Gasteiger partial charge in [0.25, 0.3) is 0 Å². The van der Waals surface area contributed by atoms with Crippen molar-refractivity contribution < 1.29 is 14.6 Å². The second-order valence-corrected chi connectivity index (χ2v) is 6.24. The smallest absolute Gasteiger partial charge is 0.231 e. The van der Waals surface area contributed by atoms with E-state index in [1.807, 2.05) is 18.2 Å². The largest absolute Gasteiger partial charge is 0.454 e. The highest BCUT2D eigenvalue weighted by Gasteiger charge is 2.41. The highest BCUT2D eigenvalue weighted by atomic mass is 16.7. The summed E-state index contributed by atoms with van der Waals surface area (Å²) in [5, 5.41) is 13.9. The molecule has 2 fully saturated rings. The van der Waals surface area contributed by atoms with Crippen molar-refractivity contribution in [2.24, 2.45) is 11.8 Å². The fraction of sp³-hybridized carbons (Fsp3) is 0.625. The van der Waals surface area contributed by atoms with Gasteiger partial charge >= 0.3 is 0 Å². The molecule has 2 N–H and O–H groups in total. The Labute approximate surface area is 119 Å².